The molecule has 0 amide bonds. The van der Waals surface area contributed by atoms with Crippen LogP contribution in [0.3, 0.4) is 0 Å². The Kier molecular flexibility index (Phi) is 3.42. The van der Waals surface area contributed by atoms with E-state index in [0.29, 0.717) is 0 Å². The fourth-order valence-electron chi connectivity index (χ4n) is 2.01. The summed E-state index contributed by atoms with van der Waals surface area (Å²) in [5, 5.41) is 9.63. The first-order valence-corrected chi connectivity index (χ1v) is 5.81. The number of ether oxygens (including phenoxy) is 1. The Morgan fingerprint density at radius 1 is 1.14 bits per heavy atom. The third-order valence-corrected chi connectivity index (χ3v) is 3.30. The molecule has 0 aromatic heterocycles. The van der Waals surface area contributed by atoms with Crippen molar-refractivity contribution in [1.29, 1.82) is 0 Å². The molecular weight excluding hydrogens is 178 g/mol. The van der Waals surface area contributed by atoms with Gasteiger partial charge in [0.15, 0.2) is 0 Å². The van der Waals surface area contributed by atoms with Crippen LogP contribution in [0.2, 0.25) is 0 Å². The first-order chi connectivity index (χ1) is 6.79. The molecule has 0 atom stereocenters. The minimum Gasteiger partial charge on any atom is -0.390 e. The van der Waals surface area contributed by atoms with E-state index in [1.165, 1.54) is 19.4 Å². The van der Waals surface area contributed by atoms with Crippen molar-refractivity contribution in [2.24, 2.45) is 0 Å². The summed E-state index contributed by atoms with van der Waals surface area (Å²) in [7, 11) is 0. The smallest absolute Gasteiger partial charge is 0.0650 e. The van der Waals surface area contributed by atoms with Gasteiger partial charge in [0, 0.05) is 13.1 Å². The third kappa shape index (κ3) is 3.23. The maximum Gasteiger partial charge on any atom is 0.0650 e. The highest BCUT2D eigenvalue weighted by molar-refractivity contribution is 4.92. The van der Waals surface area contributed by atoms with E-state index < -0.39 is 0 Å². The lowest BCUT2D eigenvalue weighted by molar-refractivity contribution is 0.0363. The molecule has 0 aromatic carbocycles. The summed E-state index contributed by atoms with van der Waals surface area (Å²) in [4.78, 5) is 2.46. The topological polar surface area (TPSA) is 32.7 Å². The highest BCUT2D eigenvalue weighted by Gasteiger charge is 2.39. The number of nitrogens with zero attached hydrogens (tertiary/aromatic N) is 1. The molecule has 0 bridgehead atoms. The molecule has 82 valence electrons. The number of aliphatic hydroxyl groups is 1. The molecule has 0 unspecified atom stereocenters. The monoisotopic (exact) mass is 199 g/mol. The highest BCUT2D eigenvalue weighted by atomic mass is 16.5. The van der Waals surface area contributed by atoms with E-state index in [1.54, 1.807) is 0 Å². The molecule has 0 radical (unpaired) electrons. The Bertz CT molecular complexity index is 174. The van der Waals surface area contributed by atoms with Crippen molar-refractivity contribution < 1.29 is 9.84 Å². The lowest BCUT2D eigenvalue weighted by Gasteiger charge is -2.26. The maximum absolute atomic E-state index is 9.63. The summed E-state index contributed by atoms with van der Waals surface area (Å²) in [5.41, 5.74) is -0.245. The summed E-state index contributed by atoms with van der Waals surface area (Å²) in [6.07, 6.45) is 5.47. The zero-order valence-electron chi connectivity index (χ0n) is 8.87. The minimum atomic E-state index is -0.245. The second-order valence-electron chi connectivity index (χ2n) is 4.64. The Morgan fingerprint density at radius 3 is 2.50 bits per heavy atom. The Balaban J connectivity index is 1.49. The maximum atomic E-state index is 9.63. The van der Waals surface area contributed by atoms with Crippen LogP contribution in [0.15, 0.2) is 0 Å². The van der Waals surface area contributed by atoms with Crippen LogP contribution in [0.4, 0.5) is 0 Å². The van der Waals surface area contributed by atoms with Crippen molar-refractivity contribution in [2.45, 2.75) is 37.7 Å². The molecule has 1 aliphatic heterocycles. The minimum absolute atomic E-state index is 0.245. The molecule has 1 saturated carbocycles. The second-order valence-corrected chi connectivity index (χ2v) is 4.64. The average Bonchev–Trinajstić information content (AvgIpc) is 2.94. The van der Waals surface area contributed by atoms with E-state index in [2.05, 4.69) is 4.90 Å². The Hall–Kier alpha value is -0.120. The largest absolute Gasteiger partial charge is 0.390 e. The summed E-state index contributed by atoms with van der Waals surface area (Å²) < 4.78 is 5.29. The van der Waals surface area contributed by atoms with Gasteiger partial charge in [0.1, 0.15) is 0 Å². The molecule has 1 aliphatic carbocycles. The van der Waals surface area contributed by atoms with Crippen LogP contribution >= 0.6 is 0 Å². The SMILES string of the molecule is OC1(CCCCN2CCOCC2)CC1. The molecule has 0 aromatic rings. The number of rotatable bonds is 5. The third-order valence-electron chi connectivity index (χ3n) is 3.30. The quantitative estimate of drug-likeness (QED) is 0.671. The molecule has 3 nitrogen and oxygen atoms in total. The highest BCUT2D eigenvalue weighted by Crippen LogP contribution is 2.39. The van der Waals surface area contributed by atoms with Crippen molar-refractivity contribution in [3.8, 4) is 0 Å². The lowest BCUT2D eigenvalue weighted by atomic mass is 10.1. The molecule has 2 rings (SSSR count). The van der Waals surface area contributed by atoms with Gasteiger partial charge in [-0.2, -0.15) is 0 Å². The van der Waals surface area contributed by atoms with E-state index in [1.807, 2.05) is 0 Å². The van der Waals surface area contributed by atoms with Gasteiger partial charge in [0.2, 0.25) is 0 Å². The van der Waals surface area contributed by atoms with E-state index in [9.17, 15) is 5.11 Å². The van der Waals surface area contributed by atoms with E-state index in [-0.39, 0.29) is 5.60 Å². The Morgan fingerprint density at radius 2 is 1.86 bits per heavy atom. The van der Waals surface area contributed by atoms with Gasteiger partial charge in [-0.3, -0.25) is 4.90 Å². The van der Waals surface area contributed by atoms with Crippen LogP contribution in [0.5, 0.6) is 0 Å². The molecule has 1 N–H and O–H groups in total. The standard InChI is InChI=1S/C11H21NO2/c13-11(4-5-11)3-1-2-6-12-7-9-14-10-8-12/h13H,1-10H2. The molecule has 1 heterocycles. The van der Waals surface area contributed by atoms with Crippen molar-refractivity contribution in [3.05, 3.63) is 0 Å². The zero-order valence-corrected chi connectivity index (χ0v) is 8.87. The van der Waals surface area contributed by atoms with Crippen molar-refractivity contribution in [1.82, 2.24) is 4.90 Å². The van der Waals surface area contributed by atoms with Gasteiger partial charge in [-0.25, -0.2) is 0 Å². The van der Waals surface area contributed by atoms with Crippen LogP contribution < -0.4 is 0 Å². The Labute approximate surface area is 86.0 Å². The van der Waals surface area contributed by atoms with Crippen LogP contribution in [0.1, 0.15) is 32.1 Å². The van der Waals surface area contributed by atoms with Crippen LogP contribution in [-0.2, 0) is 4.74 Å². The van der Waals surface area contributed by atoms with Crippen molar-refractivity contribution >= 4 is 0 Å². The molecule has 1 saturated heterocycles. The molecular formula is C11H21NO2. The van der Waals surface area contributed by atoms with Gasteiger partial charge in [-0.1, -0.05) is 0 Å². The van der Waals surface area contributed by atoms with Crippen molar-refractivity contribution in [2.75, 3.05) is 32.8 Å². The van der Waals surface area contributed by atoms with Gasteiger partial charge in [0.05, 0.1) is 18.8 Å². The predicted molar refractivity (Wildman–Crippen MR) is 55.3 cm³/mol. The van der Waals surface area contributed by atoms with E-state index in [0.717, 1.165) is 45.6 Å². The summed E-state index contributed by atoms with van der Waals surface area (Å²) >= 11 is 0. The molecule has 2 aliphatic rings. The van der Waals surface area contributed by atoms with Gasteiger partial charge < -0.3 is 9.84 Å². The van der Waals surface area contributed by atoms with Crippen LogP contribution in [-0.4, -0.2) is 48.5 Å². The molecule has 14 heavy (non-hydrogen) atoms. The fraction of sp³-hybridized carbons (Fsp3) is 1.00. The number of hydrogen-bond donors (Lipinski definition) is 1. The summed E-state index contributed by atoms with van der Waals surface area (Å²) in [6, 6.07) is 0. The normalized spacial score (nSPS) is 26.4. The first-order valence-electron chi connectivity index (χ1n) is 5.81. The van der Waals surface area contributed by atoms with Crippen LogP contribution in [0.25, 0.3) is 0 Å². The fourth-order valence-corrected chi connectivity index (χ4v) is 2.01. The van der Waals surface area contributed by atoms with Crippen molar-refractivity contribution in [3.63, 3.8) is 0 Å². The predicted octanol–water partition coefficient (Wildman–Crippen LogP) is 1.01. The van der Waals surface area contributed by atoms with Gasteiger partial charge in [0.25, 0.3) is 0 Å². The van der Waals surface area contributed by atoms with E-state index >= 15 is 0 Å². The van der Waals surface area contributed by atoms with E-state index in [4.69, 9.17) is 4.74 Å². The number of unbranched alkanes of at least 4 members (excludes halogenated alkanes) is 1. The number of morpholine rings is 1. The average molecular weight is 199 g/mol. The molecule has 0 spiro atoms. The summed E-state index contributed by atoms with van der Waals surface area (Å²) in [6.45, 7) is 5.14. The number of hydrogen-bond acceptors (Lipinski definition) is 3. The van der Waals surface area contributed by atoms with Gasteiger partial charge >= 0.3 is 0 Å². The molecule has 3 heteroatoms. The van der Waals surface area contributed by atoms with Crippen LogP contribution in [0, 0.1) is 0 Å². The van der Waals surface area contributed by atoms with Gasteiger partial charge in [-0.15, -0.1) is 0 Å². The molecule has 2 fully saturated rings. The summed E-state index contributed by atoms with van der Waals surface area (Å²) in [5.74, 6) is 0. The second kappa shape index (κ2) is 4.60. The first kappa shape index (κ1) is 10.4. The van der Waals surface area contributed by atoms with Gasteiger partial charge in [-0.05, 0) is 38.6 Å². The lowest BCUT2D eigenvalue weighted by Crippen LogP contribution is -2.36. The zero-order chi connectivity index (χ0) is 9.86.